The number of carbonyl (C=O) groups is 2. The van der Waals surface area contributed by atoms with Crippen molar-refractivity contribution in [3.63, 3.8) is 0 Å². The zero-order valence-corrected chi connectivity index (χ0v) is 18.2. The van der Waals surface area contributed by atoms with Gasteiger partial charge < -0.3 is 15.2 Å². The smallest absolute Gasteiger partial charge is 0.339 e. The molecular formula is C22H22BrN3O4. The van der Waals surface area contributed by atoms with Crippen LogP contribution in [-0.2, 0) is 6.42 Å². The molecule has 7 nitrogen and oxygen atoms in total. The highest BCUT2D eigenvalue weighted by atomic mass is 79.9. The monoisotopic (exact) mass is 471 g/mol. The Bertz CT molecular complexity index is 1030. The number of halogens is 1. The number of aryl methyl sites for hydroxylation is 1. The summed E-state index contributed by atoms with van der Waals surface area (Å²) in [5, 5.41) is 16.9. The molecule has 3 aromatic rings. The first-order chi connectivity index (χ1) is 14.4. The zero-order chi connectivity index (χ0) is 21.7. The van der Waals surface area contributed by atoms with Gasteiger partial charge in [0.1, 0.15) is 11.3 Å². The molecule has 0 spiro atoms. The van der Waals surface area contributed by atoms with Crippen LogP contribution in [0.2, 0.25) is 0 Å². The van der Waals surface area contributed by atoms with E-state index in [0.717, 1.165) is 10.0 Å². The summed E-state index contributed by atoms with van der Waals surface area (Å²) in [6, 6.07) is 14.1. The van der Waals surface area contributed by atoms with Crippen molar-refractivity contribution in [2.45, 2.75) is 19.4 Å². The number of amides is 1. The molecule has 8 heteroatoms. The Morgan fingerprint density at radius 2 is 1.83 bits per heavy atom. The number of aromatic carboxylic acids is 1. The summed E-state index contributed by atoms with van der Waals surface area (Å²) in [5.74, 6) is -0.537. The molecule has 0 aliphatic carbocycles. The molecule has 0 fully saturated rings. The highest BCUT2D eigenvalue weighted by Crippen LogP contribution is 2.23. The molecule has 0 aliphatic heterocycles. The summed E-state index contributed by atoms with van der Waals surface area (Å²) in [5.41, 5.74) is 2.07. The summed E-state index contributed by atoms with van der Waals surface area (Å²) in [6.45, 7) is 2.10. The normalized spacial score (nSPS) is 11.7. The maximum absolute atomic E-state index is 12.6. The Hall–Kier alpha value is -3.13. The number of carbonyl (C=O) groups excluding carboxylic acids is 1. The van der Waals surface area contributed by atoms with E-state index >= 15 is 0 Å². The summed E-state index contributed by atoms with van der Waals surface area (Å²) >= 11 is 3.36. The number of aromatic nitrogens is 2. The minimum absolute atomic E-state index is 0.162. The van der Waals surface area contributed by atoms with Gasteiger partial charge in [0.25, 0.3) is 5.91 Å². The van der Waals surface area contributed by atoms with Gasteiger partial charge in [-0.2, -0.15) is 5.10 Å². The number of rotatable bonds is 8. The third-order valence-corrected chi connectivity index (χ3v) is 5.28. The molecular weight excluding hydrogens is 450 g/mol. The lowest BCUT2D eigenvalue weighted by Crippen LogP contribution is -2.31. The number of ether oxygens (including phenoxy) is 1. The van der Waals surface area contributed by atoms with Gasteiger partial charge in [0, 0.05) is 22.8 Å². The number of nitrogens with zero attached hydrogens (tertiary/aromatic N) is 2. The lowest BCUT2D eigenvalue weighted by Gasteiger charge is -2.19. The lowest BCUT2D eigenvalue weighted by atomic mass is 10.1. The number of hydrogen-bond donors (Lipinski definition) is 2. The average Bonchev–Trinajstić information content (AvgIpc) is 3.19. The molecule has 3 rings (SSSR count). The van der Waals surface area contributed by atoms with Gasteiger partial charge in [-0.05, 0) is 48.4 Å². The van der Waals surface area contributed by atoms with Crippen molar-refractivity contribution in [1.29, 1.82) is 0 Å². The van der Waals surface area contributed by atoms with Crippen LogP contribution in [0.25, 0.3) is 0 Å². The molecule has 1 unspecified atom stereocenters. The van der Waals surface area contributed by atoms with Gasteiger partial charge >= 0.3 is 5.97 Å². The number of hydrogen-bond acceptors (Lipinski definition) is 4. The van der Waals surface area contributed by atoms with E-state index in [-0.39, 0.29) is 24.1 Å². The first-order valence-electron chi connectivity index (χ1n) is 9.42. The highest BCUT2D eigenvalue weighted by Gasteiger charge is 2.21. The van der Waals surface area contributed by atoms with Gasteiger partial charge in [0.15, 0.2) is 0 Å². The fraction of sp³-hybridized carbons (Fsp3) is 0.227. The van der Waals surface area contributed by atoms with E-state index in [2.05, 4.69) is 26.3 Å². The molecule has 1 aromatic heterocycles. The van der Waals surface area contributed by atoms with Gasteiger partial charge in [-0.15, -0.1) is 0 Å². The fourth-order valence-electron chi connectivity index (χ4n) is 3.11. The van der Waals surface area contributed by atoms with E-state index < -0.39 is 5.97 Å². The van der Waals surface area contributed by atoms with Crippen molar-refractivity contribution in [2.75, 3.05) is 13.7 Å². The van der Waals surface area contributed by atoms with E-state index in [1.54, 1.807) is 36.1 Å². The summed E-state index contributed by atoms with van der Waals surface area (Å²) in [6.07, 6.45) is 2.01. The third kappa shape index (κ3) is 4.88. The number of methoxy groups -OCH3 is 1. The zero-order valence-electron chi connectivity index (χ0n) is 16.6. The molecule has 0 bridgehead atoms. The molecule has 0 aliphatic rings. The standard InChI is InChI=1S/C22H22BrN3O4/c1-3-19-18(22(28)29)13-26(25-19)20(14-6-10-17(30-2)11-7-14)12-24-21(27)15-4-8-16(23)9-5-15/h4-11,13,20H,3,12H2,1-2H3,(H,24,27)(H,28,29). The van der Waals surface area contributed by atoms with Crippen LogP contribution in [-0.4, -0.2) is 40.4 Å². The Balaban J connectivity index is 1.90. The van der Waals surface area contributed by atoms with Crippen LogP contribution >= 0.6 is 15.9 Å². The van der Waals surface area contributed by atoms with Crippen LogP contribution in [0.3, 0.4) is 0 Å². The van der Waals surface area contributed by atoms with Gasteiger partial charge in [-0.3, -0.25) is 9.48 Å². The quantitative estimate of drug-likeness (QED) is 0.518. The Morgan fingerprint density at radius 3 is 2.37 bits per heavy atom. The molecule has 0 radical (unpaired) electrons. The molecule has 30 heavy (non-hydrogen) atoms. The summed E-state index contributed by atoms with van der Waals surface area (Å²) in [4.78, 5) is 24.2. The second-order valence-electron chi connectivity index (χ2n) is 6.63. The molecule has 0 saturated carbocycles. The van der Waals surface area contributed by atoms with Crippen LogP contribution in [0.15, 0.2) is 59.2 Å². The van der Waals surface area contributed by atoms with Crippen molar-refractivity contribution >= 4 is 27.8 Å². The first kappa shape index (κ1) is 21.6. The van der Waals surface area contributed by atoms with E-state index in [1.807, 2.05) is 31.2 Å². The van der Waals surface area contributed by atoms with E-state index in [4.69, 9.17) is 4.74 Å². The lowest BCUT2D eigenvalue weighted by molar-refractivity contribution is 0.0695. The first-order valence-corrected chi connectivity index (χ1v) is 10.2. The molecule has 1 atom stereocenters. The predicted octanol–water partition coefficient (Wildman–Crippen LogP) is 3.93. The van der Waals surface area contributed by atoms with Crippen molar-refractivity contribution in [1.82, 2.24) is 15.1 Å². The van der Waals surface area contributed by atoms with Crippen molar-refractivity contribution in [3.8, 4) is 5.75 Å². The number of carboxylic acid groups (broad SMARTS) is 1. The molecule has 2 N–H and O–H groups in total. The van der Waals surface area contributed by atoms with E-state index in [0.29, 0.717) is 23.4 Å². The van der Waals surface area contributed by atoms with Crippen LogP contribution in [0.1, 0.15) is 44.9 Å². The van der Waals surface area contributed by atoms with Gasteiger partial charge in [-0.25, -0.2) is 4.79 Å². The van der Waals surface area contributed by atoms with E-state index in [9.17, 15) is 14.7 Å². The molecule has 1 amide bonds. The maximum atomic E-state index is 12.6. The Kier molecular flexibility index (Phi) is 6.89. The maximum Gasteiger partial charge on any atom is 0.339 e. The second-order valence-corrected chi connectivity index (χ2v) is 7.55. The molecule has 1 heterocycles. The third-order valence-electron chi connectivity index (χ3n) is 4.76. The average molecular weight is 472 g/mol. The van der Waals surface area contributed by atoms with Gasteiger partial charge in [0.05, 0.1) is 18.8 Å². The minimum atomic E-state index is -1.02. The molecule has 0 saturated heterocycles. The Labute approximate surface area is 182 Å². The van der Waals surface area contributed by atoms with Crippen molar-refractivity contribution in [3.05, 3.63) is 81.6 Å². The van der Waals surface area contributed by atoms with Crippen molar-refractivity contribution in [2.24, 2.45) is 0 Å². The second kappa shape index (κ2) is 9.58. The van der Waals surface area contributed by atoms with E-state index in [1.165, 1.54) is 6.20 Å². The fourth-order valence-corrected chi connectivity index (χ4v) is 3.38. The number of carboxylic acids is 1. The molecule has 2 aromatic carbocycles. The highest BCUT2D eigenvalue weighted by molar-refractivity contribution is 9.10. The van der Waals surface area contributed by atoms with Crippen LogP contribution < -0.4 is 10.1 Å². The SMILES string of the molecule is CCc1nn(C(CNC(=O)c2ccc(Br)cc2)c2ccc(OC)cc2)cc1C(=O)O. The number of benzene rings is 2. The van der Waals surface area contributed by atoms with Crippen LogP contribution in [0, 0.1) is 0 Å². The van der Waals surface area contributed by atoms with Crippen LogP contribution in [0.5, 0.6) is 5.75 Å². The van der Waals surface area contributed by atoms with Crippen LogP contribution in [0.4, 0.5) is 0 Å². The minimum Gasteiger partial charge on any atom is -0.497 e. The summed E-state index contributed by atoms with van der Waals surface area (Å²) < 4.78 is 7.71. The van der Waals surface area contributed by atoms with Crippen molar-refractivity contribution < 1.29 is 19.4 Å². The van der Waals surface area contributed by atoms with Gasteiger partial charge in [0.2, 0.25) is 0 Å². The summed E-state index contributed by atoms with van der Waals surface area (Å²) in [7, 11) is 1.59. The number of nitrogens with one attached hydrogen (secondary N) is 1. The predicted molar refractivity (Wildman–Crippen MR) is 116 cm³/mol. The topological polar surface area (TPSA) is 93.5 Å². The van der Waals surface area contributed by atoms with Gasteiger partial charge in [-0.1, -0.05) is 35.0 Å². The Morgan fingerprint density at radius 1 is 1.17 bits per heavy atom. The molecule has 156 valence electrons. The largest absolute Gasteiger partial charge is 0.497 e.